The summed E-state index contributed by atoms with van der Waals surface area (Å²) < 4.78 is 27.5. The monoisotopic (exact) mass is 368 g/mol. The smallest absolute Gasteiger partial charge is 0.242 e. The predicted octanol–water partition coefficient (Wildman–Crippen LogP) is 2.74. The number of benzene rings is 1. The number of thioether (sulfide) groups is 1. The van der Waals surface area contributed by atoms with Gasteiger partial charge in [0.25, 0.3) is 0 Å². The molecule has 0 spiro atoms. The summed E-state index contributed by atoms with van der Waals surface area (Å²) in [6.45, 7) is 0.871. The zero-order chi connectivity index (χ0) is 15.5. The fourth-order valence-corrected chi connectivity index (χ4v) is 5.48. The van der Waals surface area contributed by atoms with Crippen LogP contribution in [-0.2, 0) is 16.6 Å². The highest BCUT2D eigenvalue weighted by Crippen LogP contribution is 2.31. The third kappa shape index (κ3) is 4.27. The summed E-state index contributed by atoms with van der Waals surface area (Å²) in [7, 11) is -1.86. The van der Waals surface area contributed by atoms with Gasteiger partial charge in [0.2, 0.25) is 10.0 Å². The lowest BCUT2D eigenvalue weighted by atomic mass is 10.1. The average Bonchev–Trinajstić information content (AvgIpc) is 2.94. The van der Waals surface area contributed by atoms with Gasteiger partial charge in [0.15, 0.2) is 0 Å². The second-order valence-electron chi connectivity index (χ2n) is 4.95. The normalized spacial score (nSPS) is 19.1. The molecule has 0 radical (unpaired) electrons. The van der Waals surface area contributed by atoms with Crippen LogP contribution in [0.2, 0.25) is 10.0 Å². The maximum atomic E-state index is 12.4. The van der Waals surface area contributed by atoms with Crippen LogP contribution in [0.5, 0.6) is 0 Å². The van der Waals surface area contributed by atoms with E-state index in [2.05, 4.69) is 10.0 Å². The van der Waals surface area contributed by atoms with Gasteiger partial charge in [-0.1, -0.05) is 23.2 Å². The Balaban J connectivity index is 2.20. The molecule has 1 fully saturated rings. The standard InChI is InChI=1S/C13H18Cl2N2O2S2/c1-16-7-10-11(14)2-3-12(13(10)15)21(18,19)17-6-9-4-5-20-8-9/h2-3,9,16-17H,4-8H2,1H3. The van der Waals surface area contributed by atoms with Crippen molar-refractivity contribution in [3.05, 3.63) is 27.7 Å². The largest absolute Gasteiger partial charge is 0.316 e. The summed E-state index contributed by atoms with van der Waals surface area (Å²) in [5, 5.41) is 3.58. The molecule has 1 aromatic carbocycles. The molecule has 21 heavy (non-hydrogen) atoms. The van der Waals surface area contributed by atoms with Crippen LogP contribution >= 0.6 is 35.0 Å². The van der Waals surface area contributed by atoms with E-state index in [0.717, 1.165) is 17.9 Å². The fourth-order valence-electron chi connectivity index (χ4n) is 2.17. The van der Waals surface area contributed by atoms with Gasteiger partial charge in [-0.25, -0.2) is 13.1 Å². The van der Waals surface area contributed by atoms with Gasteiger partial charge in [-0.2, -0.15) is 11.8 Å². The summed E-state index contributed by atoms with van der Waals surface area (Å²) in [5.74, 6) is 2.50. The summed E-state index contributed by atoms with van der Waals surface area (Å²) in [6, 6.07) is 3.02. The van der Waals surface area contributed by atoms with E-state index in [4.69, 9.17) is 23.2 Å². The zero-order valence-electron chi connectivity index (χ0n) is 11.7. The lowest BCUT2D eigenvalue weighted by Gasteiger charge is -2.14. The van der Waals surface area contributed by atoms with Crippen molar-refractivity contribution < 1.29 is 8.42 Å². The number of rotatable bonds is 6. The van der Waals surface area contributed by atoms with Crippen LogP contribution in [0.3, 0.4) is 0 Å². The van der Waals surface area contributed by atoms with Gasteiger partial charge in [-0.05, 0) is 43.0 Å². The van der Waals surface area contributed by atoms with Crippen LogP contribution in [-0.4, -0.2) is 33.5 Å². The molecular formula is C13H18Cl2N2O2S2. The molecule has 1 atom stereocenters. The van der Waals surface area contributed by atoms with Crippen molar-refractivity contribution in [2.75, 3.05) is 25.1 Å². The molecule has 4 nitrogen and oxygen atoms in total. The quantitative estimate of drug-likeness (QED) is 0.810. The lowest BCUT2D eigenvalue weighted by molar-refractivity contribution is 0.545. The van der Waals surface area contributed by atoms with Crippen molar-refractivity contribution in [3.8, 4) is 0 Å². The maximum absolute atomic E-state index is 12.4. The number of nitrogens with one attached hydrogen (secondary N) is 2. The first-order chi connectivity index (χ1) is 9.95. The second-order valence-corrected chi connectivity index (χ2v) is 8.62. The number of sulfonamides is 1. The molecule has 1 aliphatic heterocycles. The van der Waals surface area contributed by atoms with Gasteiger partial charge < -0.3 is 5.32 Å². The van der Waals surface area contributed by atoms with Crippen molar-refractivity contribution in [3.63, 3.8) is 0 Å². The minimum Gasteiger partial charge on any atom is -0.316 e. The SMILES string of the molecule is CNCc1c(Cl)ccc(S(=O)(=O)NCC2CCSC2)c1Cl. The first-order valence-electron chi connectivity index (χ1n) is 6.64. The van der Waals surface area contributed by atoms with Gasteiger partial charge in [-0.15, -0.1) is 0 Å². The van der Waals surface area contributed by atoms with Gasteiger partial charge in [-0.3, -0.25) is 0 Å². The molecule has 0 bridgehead atoms. The van der Waals surface area contributed by atoms with Crippen molar-refractivity contribution >= 4 is 45.0 Å². The van der Waals surface area contributed by atoms with E-state index >= 15 is 0 Å². The molecule has 1 unspecified atom stereocenters. The molecule has 118 valence electrons. The summed E-state index contributed by atoms with van der Waals surface area (Å²) in [6.07, 6.45) is 1.05. The lowest BCUT2D eigenvalue weighted by Crippen LogP contribution is -2.29. The van der Waals surface area contributed by atoms with Crippen molar-refractivity contribution in [1.29, 1.82) is 0 Å². The highest BCUT2D eigenvalue weighted by Gasteiger charge is 2.23. The van der Waals surface area contributed by atoms with Crippen LogP contribution in [0.15, 0.2) is 17.0 Å². The molecule has 2 rings (SSSR count). The van der Waals surface area contributed by atoms with E-state index in [1.165, 1.54) is 6.07 Å². The predicted molar refractivity (Wildman–Crippen MR) is 89.8 cm³/mol. The van der Waals surface area contributed by atoms with Crippen LogP contribution in [0.25, 0.3) is 0 Å². The van der Waals surface area contributed by atoms with Crippen LogP contribution in [0, 0.1) is 5.92 Å². The van der Waals surface area contributed by atoms with E-state index in [9.17, 15) is 8.42 Å². The second kappa shape index (κ2) is 7.53. The van der Waals surface area contributed by atoms with Crippen molar-refractivity contribution in [1.82, 2.24) is 10.0 Å². The highest BCUT2D eigenvalue weighted by molar-refractivity contribution is 7.99. The Kier molecular flexibility index (Phi) is 6.23. The first-order valence-corrected chi connectivity index (χ1v) is 10.0. The molecule has 1 saturated heterocycles. The minimum absolute atomic E-state index is 0.0875. The molecule has 1 heterocycles. The van der Waals surface area contributed by atoms with E-state index in [-0.39, 0.29) is 9.92 Å². The van der Waals surface area contributed by atoms with Gasteiger partial charge in [0.05, 0.1) is 5.02 Å². The van der Waals surface area contributed by atoms with E-state index in [0.29, 0.717) is 29.6 Å². The molecule has 0 saturated carbocycles. The number of hydrogen-bond donors (Lipinski definition) is 2. The van der Waals surface area contributed by atoms with Crippen molar-refractivity contribution in [2.45, 2.75) is 17.9 Å². The third-order valence-electron chi connectivity index (χ3n) is 3.38. The third-order valence-corrected chi connectivity index (χ3v) is 6.98. The zero-order valence-corrected chi connectivity index (χ0v) is 14.8. The van der Waals surface area contributed by atoms with Crippen LogP contribution in [0.4, 0.5) is 0 Å². The number of halogens is 2. The molecule has 1 aliphatic rings. The van der Waals surface area contributed by atoms with E-state index < -0.39 is 10.0 Å². The molecule has 0 aliphatic carbocycles. The van der Waals surface area contributed by atoms with Crippen LogP contribution < -0.4 is 10.0 Å². The Bertz CT molecular complexity index is 602. The van der Waals surface area contributed by atoms with Gasteiger partial charge in [0.1, 0.15) is 4.90 Å². The van der Waals surface area contributed by atoms with E-state index in [1.54, 1.807) is 13.1 Å². The Morgan fingerprint density at radius 3 is 2.76 bits per heavy atom. The maximum Gasteiger partial charge on any atom is 0.242 e. The fraction of sp³-hybridized carbons (Fsp3) is 0.538. The van der Waals surface area contributed by atoms with Gasteiger partial charge >= 0.3 is 0 Å². The Labute approximate surface area is 140 Å². The first kappa shape index (κ1) is 17.4. The van der Waals surface area contributed by atoms with E-state index in [1.807, 2.05) is 11.8 Å². The Morgan fingerprint density at radius 1 is 1.38 bits per heavy atom. The molecule has 8 heteroatoms. The highest BCUT2D eigenvalue weighted by atomic mass is 35.5. The Morgan fingerprint density at radius 2 is 2.14 bits per heavy atom. The van der Waals surface area contributed by atoms with Gasteiger partial charge in [0, 0.05) is 23.7 Å². The van der Waals surface area contributed by atoms with Crippen LogP contribution in [0.1, 0.15) is 12.0 Å². The Hall–Kier alpha value is 0.0200. The summed E-state index contributed by atoms with van der Waals surface area (Å²) in [5.41, 5.74) is 0.597. The molecule has 0 aromatic heterocycles. The minimum atomic E-state index is -3.61. The average molecular weight is 369 g/mol. The summed E-state index contributed by atoms with van der Waals surface area (Å²) >= 11 is 14.1. The molecular weight excluding hydrogens is 351 g/mol. The van der Waals surface area contributed by atoms with Crippen molar-refractivity contribution in [2.24, 2.45) is 5.92 Å². The topological polar surface area (TPSA) is 58.2 Å². The molecule has 2 N–H and O–H groups in total. The molecule has 1 aromatic rings. The summed E-state index contributed by atoms with van der Waals surface area (Å²) in [4.78, 5) is 0.0875. The number of hydrogen-bond acceptors (Lipinski definition) is 4. The molecule has 0 amide bonds.